The number of rotatable bonds is 6. The van der Waals surface area contributed by atoms with E-state index in [4.69, 9.17) is 4.74 Å². The molecule has 0 unspecified atom stereocenters. The second-order valence-corrected chi connectivity index (χ2v) is 9.45. The quantitative estimate of drug-likeness (QED) is 0.630. The first-order chi connectivity index (χ1) is 13.8. The van der Waals surface area contributed by atoms with E-state index in [-0.39, 0.29) is 36.0 Å². The van der Waals surface area contributed by atoms with Crippen molar-refractivity contribution in [1.82, 2.24) is 9.21 Å². The Morgan fingerprint density at radius 2 is 1.93 bits per heavy atom. The summed E-state index contributed by atoms with van der Waals surface area (Å²) in [5.74, 6) is -0.756. The van der Waals surface area contributed by atoms with Crippen molar-refractivity contribution in [2.24, 2.45) is 0 Å². The van der Waals surface area contributed by atoms with Crippen LogP contribution < -0.4 is 0 Å². The Labute approximate surface area is 178 Å². The number of ether oxygens (including phenoxy) is 1. The number of morpholine rings is 1. The minimum Gasteiger partial charge on any atom is -0.379 e. The van der Waals surface area contributed by atoms with Crippen LogP contribution in [0.3, 0.4) is 0 Å². The SMILES string of the molecule is CCN(Cc1cc(Br)ccc1F)C(=O)c1cccc(S(=O)(=O)N2CCOCC2)c1. The third kappa shape index (κ3) is 5.03. The predicted octanol–water partition coefficient (Wildman–Crippen LogP) is 3.27. The van der Waals surface area contributed by atoms with E-state index in [9.17, 15) is 17.6 Å². The van der Waals surface area contributed by atoms with E-state index in [1.54, 1.807) is 31.2 Å². The molecule has 0 spiro atoms. The van der Waals surface area contributed by atoms with Crippen molar-refractivity contribution < 1.29 is 22.3 Å². The van der Waals surface area contributed by atoms with Gasteiger partial charge in [-0.25, -0.2) is 12.8 Å². The highest BCUT2D eigenvalue weighted by Crippen LogP contribution is 2.21. The third-order valence-corrected chi connectivity index (χ3v) is 7.11. The summed E-state index contributed by atoms with van der Waals surface area (Å²) in [4.78, 5) is 14.5. The predicted molar refractivity (Wildman–Crippen MR) is 111 cm³/mol. The molecule has 0 saturated carbocycles. The number of nitrogens with zero attached hydrogens (tertiary/aromatic N) is 2. The summed E-state index contributed by atoms with van der Waals surface area (Å²) in [6, 6.07) is 10.5. The van der Waals surface area contributed by atoms with Gasteiger partial charge in [-0.1, -0.05) is 22.0 Å². The van der Waals surface area contributed by atoms with Crippen LogP contribution in [0, 0.1) is 5.82 Å². The van der Waals surface area contributed by atoms with E-state index in [0.29, 0.717) is 25.3 Å². The van der Waals surface area contributed by atoms with Gasteiger partial charge in [0.15, 0.2) is 0 Å². The topological polar surface area (TPSA) is 66.9 Å². The van der Waals surface area contributed by atoms with E-state index in [1.165, 1.54) is 27.4 Å². The molecular formula is C20H22BrFN2O4S. The number of halogens is 2. The monoisotopic (exact) mass is 484 g/mol. The first-order valence-corrected chi connectivity index (χ1v) is 11.5. The lowest BCUT2D eigenvalue weighted by Gasteiger charge is -2.26. The van der Waals surface area contributed by atoms with E-state index < -0.39 is 15.8 Å². The van der Waals surface area contributed by atoms with Gasteiger partial charge in [0.1, 0.15) is 5.82 Å². The molecule has 2 aromatic rings. The van der Waals surface area contributed by atoms with Crippen LogP contribution in [-0.4, -0.2) is 56.4 Å². The Hall–Kier alpha value is -1.81. The summed E-state index contributed by atoms with van der Waals surface area (Å²) in [7, 11) is -3.71. The first kappa shape index (κ1) is 21.9. The first-order valence-electron chi connectivity index (χ1n) is 9.24. The van der Waals surface area contributed by atoms with Crippen LogP contribution >= 0.6 is 15.9 Å². The Balaban J connectivity index is 1.84. The molecule has 0 bridgehead atoms. The molecule has 0 aromatic heterocycles. The number of carbonyl (C=O) groups is 1. The average Bonchev–Trinajstić information content (AvgIpc) is 2.74. The minimum atomic E-state index is -3.71. The summed E-state index contributed by atoms with van der Waals surface area (Å²) in [6.07, 6.45) is 0. The van der Waals surface area contributed by atoms with Crippen molar-refractivity contribution >= 4 is 31.9 Å². The highest BCUT2D eigenvalue weighted by atomic mass is 79.9. The van der Waals surface area contributed by atoms with E-state index in [0.717, 1.165) is 4.47 Å². The van der Waals surface area contributed by atoms with Crippen LogP contribution in [0.4, 0.5) is 4.39 Å². The fraction of sp³-hybridized carbons (Fsp3) is 0.350. The van der Waals surface area contributed by atoms with Crippen LogP contribution in [0.15, 0.2) is 51.8 Å². The van der Waals surface area contributed by atoms with Gasteiger partial charge in [-0.3, -0.25) is 4.79 Å². The van der Waals surface area contributed by atoms with Crippen LogP contribution in [0.25, 0.3) is 0 Å². The molecule has 1 fully saturated rings. The molecule has 3 rings (SSSR count). The molecule has 1 heterocycles. The Bertz CT molecular complexity index is 994. The lowest BCUT2D eigenvalue weighted by atomic mass is 10.1. The van der Waals surface area contributed by atoms with Crippen molar-refractivity contribution in [3.8, 4) is 0 Å². The van der Waals surface area contributed by atoms with Crippen LogP contribution in [0.1, 0.15) is 22.8 Å². The maximum atomic E-state index is 14.1. The number of hydrogen-bond donors (Lipinski definition) is 0. The largest absolute Gasteiger partial charge is 0.379 e. The smallest absolute Gasteiger partial charge is 0.254 e. The fourth-order valence-corrected chi connectivity index (χ4v) is 4.97. The number of carbonyl (C=O) groups excluding carboxylic acids is 1. The van der Waals surface area contributed by atoms with Gasteiger partial charge in [-0.05, 0) is 43.3 Å². The van der Waals surface area contributed by atoms with Crippen LogP contribution in [0.2, 0.25) is 0 Å². The third-order valence-electron chi connectivity index (χ3n) is 4.73. The van der Waals surface area contributed by atoms with E-state index in [1.807, 2.05) is 0 Å². The molecule has 1 amide bonds. The molecule has 1 aliphatic rings. The number of benzene rings is 2. The zero-order chi connectivity index (χ0) is 21.0. The molecule has 2 aromatic carbocycles. The number of sulfonamides is 1. The molecule has 0 radical (unpaired) electrons. The van der Waals surface area contributed by atoms with Crippen LogP contribution in [-0.2, 0) is 21.3 Å². The van der Waals surface area contributed by atoms with Gasteiger partial charge in [0.25, 0.3) is 5.91 Å². The van der Waals surface area contributed by atoms with Gasteiger partial charge in [-0.2, -0.15) is 4.31 Å². The molecular weight excluding hydrogens is 463 g/mol. The minimum absolute atomic E-state index is 0.0648. The molecule has 1 saturated heterocycles. The summed E-state index contributed by atoms with van der Waals surface area (Å²) >= 11 is 3.31. The molecule has 9 heteroatoms. The maximum absolute atomic E-state index is 14.1. The normalized spacial score (nSPS) is 15.3. The zero-order valence-electron chi connectivity index (χ0n) is 16.0. The summed E-state index contributed by atoms with van der Waals surface area (Å²) in [5, 5.41) is 0. The second-order valence-electron chi connectivity index (χ2n) is 6.60. The van der Waals surface area contributed by atoms with Gasteiger partial charge < -0.3 is 9.64 Å². The molecule has 0 aliphatic carbocycles. The molecule has 29 heavy (non-hydrogen) atoms. The summed E-state index contributed by atoms with van der Waals surface area (Å²) in [5.41, 5.74) is 0.628. The maximum Gasteiger partial charge on any atom is 0.254 e. The van der Waals surface area contributed by atoms with Crippen molar-refractivity contribution in [1.29, 1.82) is 0 Å². The summed E-state index contributed by atoms with van der Waals surface area (Å²) < 4.78 is 47.1. The van der Waals surface area contributed by atoms with Crippen molar-refractivity contribution in [2.75, 3.05) is 32.8 Å². The van der Waals surface area contributed by atoms with Gasteiger partial charge in [0.05, 0.1) is 18.1 Å². The van der Waals surface area contributed by atoms with E-state index >= 15 is 0 Å². The Morgan fingerprint density at radius 3 is 2.62 bits per heavy atom. The standard InChI is InChI=1S/C20H22BrFN2O4S/c1-2-23(14-16-12-17(21)6-7-19(16)22)20(25)15-4-3-5-18(13-15)29(26,27)24-8-10-28-11-9-24/h3-7,12-13H,2,8-11,14H2,1H3. The average molecular weight is 485 g/mol. The number of amides is 1. The van der Waals surface area contributed by atoms with Crippen molar-refractivity contribution in [2.45, 2.75) is 18.4 Å². The Morgan fingerprint density at radius 1 is 1.21 bits per heavy atom. The molecule has 6 nitrogen and oxygen atoms in total. The molecule has 156 valence electrons. The summed E-state index contributed by atoms with van der Waals surface area (Å²) in [6.45, 7) is 3.49. The van der Waals surface area contributed by atoms with Gasteiger partial charge in [0, 0.05) is 41.8 Å². The van der Waals surface area contributed by atoms with Crippen molar-refractivity contribution in [3.05, 3.63) is 63.9 Å². The highest BCUT2D eigenvalue weighted by molar-refractivity contribution is 9.10. The Kier molecular flexibility index (Phi) is 7.05. The molecule has 0 atom stereocenters. The second kappa shape index (κ2) is 9.34. The van der Waals surface area contributed by atoms with Crippen LogP contribution in [0.5, 0.6) is 0 Å². The fourth-order valence-electron chi connectivity index (χ4n) is 3.11. The van der Waals surface area contributed by atoms with E-state index in [2.05, 4.69) is 15.9 Å². The van der Waals surface area contributed by atoms with Gasteiger partial charge in [-0.15, -0.1) is 0 Å². The lowest BCUT2D eigenvalue weighted by Crippen LogP contribution is -2.40. The lowest BCUT2D eigenvalue weighted by molar-refractivity contribution is 0.0729. The molecule has 1 aliphatic heterocycles. The van der Waals surface area contributed by atoms with Crippen molar-refractivity contribution in [3.63, 3.8) is 0 Å². The van der Waals surface area contributed by atoms with Gasteiger partial charge >= 0.3 is 0 Å². The number of hydrogen-bond acceptors (Lipinski definition) is 4. The molecule has 0 N–H and O–H groups in total. The zero-order valence-corrected chi connectivity index (χ0v) is 18.4. The highest BCUT2D eigenvalue weighted by Gasteiger charge is 2.27. The van der Waals surface area contributed by atoms with Gasteiger partial charge in [0.2, 0.25) is 10.0 Å².